The van der Waals surface area contributed by atoms with Crippen LogP contribution in [0.25, 0.3) is 0 Å². The van der Waals surface area contributed by atoms with Gasteiger partial charge in [-0.3, -0.25) is 0 Å². The van der Waals surface area contributed by atoms with Crippen LogP contribution in [0.1, 0.15) is 5.56 Å². The molecular weight excluding hydrogens is 323 g/mol. The molecule has 0 aromatic heterocycles. The second-order valence-electron chi connectivity index (χ2n) is 3.90. The molecule has 0 spiro atoms. The summed E-state index contributed by atoms with van der Waals surface area (Å²) >= 11 is 0. The van der Waals surface area contributed by atoms with Crippen LogP contribution in [0, 0.1) is 0 Å². The Kier molecular flexibility index (Phi) is 3.47. The van der Waals surface area contributed by atoms with Gasteiger partial charge in [0.2, 0.25) is 10.0 Å². The van der Waals surface area contributed by atoms with E-state index in [1.54, 1.807) is 0 Å². The predicted octanol–water partition coefficient (Wildman–Crippen LogP) is 0.749. The number of benzene rings is 1. The van der Waals surface area contributed by atoms with Crippen molar-refractivity contribution < 1.29 is 34.2 Å². The van der Waals surface area contributed by atoms with Crippen molar-refractivity contribution in [2.75, 3.05) is 6.54 Å². The van der Waals surface area contributed by atoms with Crippen molar-refractivity contribution in [1.29, 1.82) is 0 Å². The summed E-state index contributed by atoms with van der Waals surface area (Å²) < 4.78 is 87.5. The van der Waals surface area contributed by atoms with E-state index >= 15 is 0 Å². The molecule has 1 aliphatic rings. The number of hydrogen-bond acceptors (Lipinski definition) is 5. The van der Waals surface area contributed by atoms with Gasteiger partial charge in [0, 0.05) is 6.54 Å². The molecule has 1 heterocycles. The monoisotopic (exact) mass is 331 g/mol. The van der Waals surface area contributed by atoms with Crippen LogP contribution in [-0.2, 0) is 26.6 Å². The molecule has 0 radical (unpaired) electrons. The van der Waals surface area contributed by atoms with Gasteiger partial charge in [0.25, 0.3) is 0 Å². The van der Waals surface area contributed by atoms with Crippen LogP contribution in [-0.4, -0.2) is 28.9 Å². The largest absolute Gasteiger partial charge is 0.534 e. The minimum absolute atomic E-state index is 0.0742. The van der Waals surface area contributed by atoms with E-state index in [1.165, 1.54) is 0 Å². The lowest BCUT2D eigenvalue weighted by Gasteiger charge is -2.18. The fraction of sp³-hybridized carbons (Fsp3) is 0.333. The molecule has 1 N–H and O–H groups in total. The summed E-state index contributed by atoms with van der Waals surface area (Å²) in [6, 6.07) is 2.82. The van der Waals surface area contributed by atoms with E-state index in [2.05, 4.69) is 8.91 Å². The number of alkyl halides is 3. The summed E-state index contributed by atoms with van der Waals surface area (Å²) in [5.74, 6) is -0.585. The predicted molar refractivity (Wildman–Crippen MR) is 60.9 cm³/mol. The molecule has 112 valence electrons. The molecule has 0 unspecified atom stereocenters. The van der Waals surface area contributed by atoms with E-state index in [-0.39, 0.29) is 23.4 Å². The van der Waals surface area contributed by atoms with Crippen LogP contribution in [0.2, 0.25) is 0 Å². The third kappa shape index (κ3) is 2.74. The third-order valence-corrected chi connectivity index (χ3v) is 5.04. The minimum atomic E-state index is -5.77. The number of hydrogen-bond donors (Lipinski definition) is 1. The highest BCUT2D eigenvalue weighted by atomic mass is 32.2. The average Bonchev–Trinajstić information content (AvgIpc) is 2.25. The van der Waals surface area contributed by atoms with E-state index < -0.39 is 31.4 Å². The molecule has 0 aliphatic carbocycles. The van der Waals surface area contributed by atoms with Crippen LogP contribution < -0.4 is 8.91 Å². The first kappa shape index (κ1) is 15.1. The zero-order valence-electron chi connectivity index (χ0n) is 9.64. The minimum Gasteiger partial charge on any atom is -0.376 e. The number of rotatable bonds is 2. The maximum atomic E-state index is 12.2. The van der Waals surface area contributed by atoms with Crippen LogP contribution in [0.4, 0.5) is 13.2 Å². The van der Waals surface area contributed by atoms with Gasteiger partial charge in [0.1, 0.15) is 5.75 Å². The standard InChI is InChI=1S/C9H8F3NO5S2/c10-9(11,12)20(16,17)18-7-1-2-8-6(5-7)3-4-13-19(8,14)15/h1-2,5,13H,3-4H2. The van der Waals surface area contributed by atoms with Crippen LogP contribution >= 0.6 is 0 Å². The summed E-state index contributed by atoms with van der Waals surface area (Å²) in [4.78, 5) is -0.111. The van der Waals surface area contributed by atoms with E-state index in [1.807, 2.05) is 0 Å². The Hall–Kier alpha value is -1.33. The second kappa shape index (κ2) is 4.60. The van der Waals surface area contributed by atoms with Crippen LogP contribution in [0.5, 0.6) is 5.75 Å². The fourth-order valence-corrected chi connectivity index (χ4v) is 3.37. The number of nitrogens with one attached hydrogen (secondary N) is 1. The van der Waals surface area contributed by atoms with Gasteiger partial charge in [-0.25, -0.2) is 13.1 Å². The maximum absolute atomic E-state index is 12.2. The van der Waals surface area contributed by atoms with E-state index in [4.69, 9.17) is 0 Å². The van der Waals surface area contributed by atoms with Crippen molar-refractivity contribution in [3.8, 4) is 5.75 Å². The summed E-state index contributed by atoms with van der Waals surface area (Å²) in [7, 11) is -9.48. The normalized spacial score (nSPS) is 18.4. The molecular formula is C9H8F3NO5S2. The highest BCUT2D eigenvalue weighted by Gasteiger charge is 2.48. The van der Waals surface area contributed by atoms with Crippen molar-refractivity contribution in [3.63, 3.8) is 0 Å². The van der Waals surface area contributed by atoms with Gasteiger partial charge < -0.3 is 4.18 Å². The van der Waals surface area contributed by atoms with E-state index in [0.717, 1.165) is 18.2 Å². The molecule has 0 bridgehead atoms. The van der Waals surface area contributed by atoms with Crippen molar-refractivity contribution >= 4 is 20.1 Å². The quantitative estimate of drug-likeness (QED) is 0.638. The Morgan fingerprint density at radius 2 is 1.90 bits per heavy atom. The first-order valence-electron chi connectivity index (χ1n) is 5.16. The molecule has 1 aromatic carbocycles. The van der Waals surface area contributed by atoms with Gasteiger partial charge in [-0.05, 0) is 30.2 Å². The average molecular weight is 331 g/mol. The lowest BCUT2D eigenvalue weighted by atomic mass is 10.1. The Balaban J connectivity index is 2.39. The van der Waals surface area contributed by atoms with Gasteiger partial charge in [-0.2, -0.15) is 21.6 Å². The summed E-state index contributed by atoms with van der Waals surface area (Å²) in [5.41, 5.74) is -5.35. The number of sulfonamides is 1. The van der Waals surface area contributed by atoms with Gasteiger partial charge in [-0.15, -0.1) is 0 Å². The topological polar surface area (TPSA) is 89.5 Å². The zero-order chi connectivity index (χ0) is 15.2. The molecule has 0 fully saturated rings. The highest BCUT2D eigenvalue weighted by Crippen LogP contribution is 2.30. The summed E-state index contributed by atoms with van der Waals surface area (Å²) in [6.07, 6.45) is 0.220. The second-order valence-corrected chi connectivity index (χ2v) is 7.17. The summed E-state index contributed by atoms with van der Waals surface area (Å²) in [5, 5.41) is 0. The van der Waals surface area contributed by atoms with Gasteiger partial charge in [-0.1, -0.05) is 0 Å². The number of halogens is 3. The van der Waals surface area contributed by atoms with Crippen molar-refractivity contribution in [1.82, 2.24) is 4.72 Å². The lowest BCUT2D eigenvalue weighted by molar-refractivity contribution is -0.0500. The van der Waals surface area contributed by atoms with Crippen LogP contribution in [0.15, 0.2) is 23.1 Å². The van der Waals surface area contributed by atoms with Crippen molar-refractivity contribution in [3.05, 3.63) is 23.8 Å². The summed E-state index contributed by atoms with van der Waals surface area (Å²) in [6.45, 7) is 0.0742. The third-order valence-electron chi connectivity index (χ3n) is 2.50. The van der Waals surface area contributed by atoms with Crippen molar-refractivity contribution in [2.45, 2.75) is 16.8 Å². The molecule has 0 atom stereocenters. The molecule has 2 rings (SSSR count). The fourth-order valence-electron chi connectivity index (χ4n) is 1.64. The molecule has 0 amide bonds. The molecule has 0 saturated carbocycles. The first-order valence-corrected chi connectivity index (χ1v) is 8.05. The molecule has 20 heavy (non-hydrogen) atoms. The molecule has 11 heteroatoms. The highest BCUT2D eigenvalue weighted by molar-refractivity contribution is 7.89. The maximum Gasteiger partial charge on any atom is 0.534 e. The van der Waals surface area contributed by atoms with Crippen LogP contribution in [0.3, 0.4) is 0 Å². The molecule has 1 aromatic rings. The van der Waals surface area contributed by atoms with Gasteiger partial charge in [0.05, 0.1) is 4.90 Å². The smallest absolute Gasteiger partial charge is 0.376 e. The Labute approximate surface area is 112 Å². The SMILES string of the molecule is O=S1(=O)NCCc2cc(OS(=O)(=O)C(F)(F)F)ccc21. The van der Waals surface area contributed by atoms with Crippen molar-refractivity contribution in [2.24, 2.45) is 0 Å². The van der Waals surface area contributed by atoms with Gasteiger partial charge in [0.15, 0.2) is 0 Å². The lowest BCUT2D eigenvalue weighted by Crippen LogP contribution is -2.32. The Bertz CT molecular complexity index is 739. The molecule has 6 nitrogen and oxygen atoms in total. The van der Waals surface area contributed by atoms with E-state index in [9.17, 15) is 30.0 Å². The Morgan fingerprint density at radius 3 is 2.50 bits per heavy atom. The molecule has 1 aliphatic heterocycles. The Morgan fingerprint density at radius 1 is 1.25 bits per heavy atom. The van der Waals surface area contributed by atoms with Gasteiger partial charge >= 0.3 is 15.6 Å². The van der Waals surface area contributed by atoms with E-state index in [0.29, 0.717) is 0 Å². The first-order chi connectivity index (χ1) is 9.03. The molecule has 0 saturated heterocycles. The zero-order valence-corrected chi connectivity index (χ0v) is 11.3. The number of fused-ring (bicyclic) bond motifs is 1.